The summed E-state index contributed by atoms with van der Waals surface area (Å²) >= 11 is 0. The Balaban J connectivity index is 2.54. The average Bonchev–Trinajstić information content (AvgIpc) is 2.36. The summed E-state index contributed by atoms with van der Waals surface area (Å²) in [6.45, 7) is 5.90. The fraction of sp³-hybridized carbons (Fsp3) is 0.846. The molecule has 110 valence electrons. The van der Waals surface area contributed by atoms with Crippen molar-refractivity contribution in [1.29, 1.82) is 0 Å². The second kappa shape index (κ2) is 6.86. The lowest BCUT2D eigenvalue weighted by atomic mass is 9.84. The number of hydrogen-bond donors (Lipinski definition) is 2. The van der Waals surface area contributed by atoms with E-state index in [-0.39, 0.29) is 17.9 Å². The molecule has 19 heavy (non-hydrogen) atoms. The van der Waals surface area contributed by atoms with Gasteiger partial charge in [0.05, 0.1) is 13.2 Å². The van der Waals surface area contributed by atoms with Gasteiger partial charge in [0.1, 0.15) is 6.04 Å². The van der Waals surface area contributed by atoms with Crippen molar-refractivity contribution in [2.45, 2.75) is 39.2 Å². The Morgan fingerprint density at radius 2 is 2.05 bits per heavy atom. The number of nitrogens with zero attached hydrogens (tertiary/aromatic N) is 1. The minimum absolute atomic E-state index is 0.0304. The van der Waals surface area contributed by atoms with Crippen molar-refractivity contribution in [1.82, 2.24) is 4.90 Å². The van der Waals surface area contributed by atoms with Gasteiger partial charge in [-0.1, -0.05) is 13.8 Å². The van der Waals surface area contributed by atoms with Crippen LogP contribution in [0.15, 0.2) is 0 Å². The smallest absolute Gasteiger partial charge is 0.242 e. The zero-order valence-corrected chi connectivity index (χ0v) is 11.9. The molecule has 2 amide bonds. The third-order valence-corrected chi connectivity index (χ3v) is 3.61. The molecule has 1 unspecified atom stereocenters. The van der Waals surface area contributed by atoms with E-state index in [0.29, 0.717) is 26.1 Å². The number of rotatable bonds is 6. The average molecular weight is 271 g/mol. The molecule has 1 rings (SSSR count). The number of hydrogen-bond acceptors (Lipinski definition) is 4. The summed E-state index contributed by atoms with van der Waals surface area (Å²) < 4.78 is 5.20. The predicted octanol–water partition coefficient (Wildman–Crippen LogP) is -0.146. The first-order valence-electron chi connectivity index (χ1n) is 6.74. The van der Waals surface area contributed by atoms with E-state index in [0.717, 1.165) is 12.8 Å². The molecule has 0 aromatic heterocycles. The molecular formula is C13H25N3O3. The Kier molecular flexibility index (Phi) is 5.75. The van der Waals surface area contributed by atoms with E-state index in [1.54, 1.807) is 4.90 Å². The van der Waals surface area contributed by atoms with Crippen molar-refractivity contribution in [2.75, 3.05) is 26.3 Å². The van der Waals surface area contributed by atoms with Gasteiger partial charge in [-0.15, -0.1) is 0 Å². The number of carbonyl (C=O) groups excluding carboxylic acids is 2. The van der Waals surface area contributed by atoms with E-state index in [9.17, 15) is 9.59 Å². The van der Waals surface area contributed by atoms with Crippen LogP contribution >= 0.6 is 0 Å². The van der Waals surface area contributed by atoms with Gasteiger partial charge in [0, 0.05) is 13.0 Å². The molecule has 1 saturated heterocycles. The number of nitrogens with two attached hydrogens (primary N) is 2. The van der Waals surface area contributed by atoms with Crippen LogP contribution in [0.2, 0.25) is 0 Å². The van der Waals surface area contributed by atoms with E-state index >= 15 is 0 Å². The number of carbonyl (C=O) groups is 2. The summed E-state index contributed by atoms with van der Waals surface area (Å²) in [6, 6.07) is -0.626. The molecule has 1 aliphatic rings. The monoisotopic (exact) mass is 271 g/mol. The van der Waals surface area contributed by atoms with Gasteiger partial charge in [-0.3, -0.25) is 9.59 Å². The molecule has 1 aliphatic heterocycles. The number of ether oxygens (including phenoxy) is 1. The van der Waals surface area contributed by atoms with Gasteiger partial charge in [0.2, 0.25) is 11.8 Å². The molecule has 0 aromatic carbocycles. The first-order chi connectivity index (χ1) is 8.87. The zero-order chi connectivity index (χ0) is 14.5. The molecule has 0 saturated carbocycles. The molecule has 6 heteroatoms. The molecule has 0 aromatic rings. The maximum absolute atomic E-state index is 12.2. The van der Waals surface area contributed by atoms with Gasteiger partial charge in [0.15, 0.2) is 0 Å². The highest BCUT2D eigenvalue weighted by Gasteiger charge is 2.31. The highest BCUT2D eigenvalue weighted by atomic mass is 16.5. The van der Waals surface area contributed by atoms with E-state index in [1.807, 2.05) is 0 Å². The molecule has 4 N–H and O–H groups in total. The lowest BCUT2D eigenvalue weighted by Gasteiger charge is -2.34. The SMILES string of the molecule is CC(C)(CCN)CCC(=O)N1CCOCC1C(N)=O. The van der Waals surface area contributed by atoms with Crippen molar-refractivity contribution in [3.8, 4) is 0 Å². The fourth-order valence-electron chi connectivity index (χ4n) is 2.24. The van der Waals surface area contributed by atoms with E-state index < -0.39 is 11.9 Å². The van der Waals surface area contributed by atoms with Gasteiger partial charge < -0.3 is 21.1 Å². The summed E-state index contributed by atoms with van der Waals surface area (Å²) in [4.78, 5) is 25.0. The lowest BCUT2D eigenvalue weighted by Crippen LogP contribution is -2.54. The van der Waals surface area contributed by atoms with Crippen LogP contribution in [0.3, 0.4) is 0 Å². The molecule has 6 nitrogen and oxygen atoms in total. The first-order valence-corrected chi connectivity index (χ1v) is 6.74. The predicted molar refractivity (Wildman–Crippen MR) is 72.2 cm³/mol. The van der Waals surface area contributed by atoms with Crippen LogP contribution in [0.1, 0.15) is 33.1 Å². The summed E-state index contributed by atoms with van der Waals surface area (Å²) in [6.07, 6.45) is 2.05. The molecule has 1 heterocycles. The molecule has 0 radical (unpaired) electrons. The maximum Gasteiger partial charge on any atom is 0.242 e. The van der Waals surface area contributed by atoms with Gasteiger partial charge in [-0.2, -0.15) is 0 Å². The standard InChI is InChI=1S/C13H25N3O3/c1-13(2,5-6-14)4-3-11(17)16-7-8-19-9-10(16)12(15)18/h10H,3-9,14H2,1-2H3,(H2,15,18). The summed E-state index contributed by atoms with van der Waals surface area (Å²) in [5.74, 6) is -0.536. The fourth-order valence-corrected chi connectivity index (χ4v) is 2.24. The Morgan fingerprint density at radius 3 is 2.63 bits per heavy atom. The van der Waals surface area contributed by atoms with Crippen LogP contribution in [0.25, 0.3) is 0 Å². The van der Waals surface area contributed by atoms with E-state index in [1.165, 1.54) is 0 Å². The minimum atomic E-state index is -0.626. The minimum Gasteiger partial charge on any atom is -0.377 e. The zero-order valence-electron chi connectivity index (χ0n) is 11.9. The summed E-state index contributed by atoms with van der Waals surface area (Å²) in [7, 11) is 0. The summed E-state index contributed by atoms with van der Waals surface area (Å²) in [5.41, 5.74) is 10.9. The Hall–Kier alpha value is -1.14. The third-order valence-electron chi connectivity index (χ3n) is 3.61. The second-order valence-corrected chi connectivity index (χ2v) is 5.78. The van der Waals surface area contributed by atoms with Crippen LogP contribution in [0.5, 0.6) is 0 Å². The van der Waals surface area contributed by atoms with Crippen LogP contribution in [-0.4, -0.2) is 49.1 Å². The number of amides is 2. The van der Waals surface area contributed by atoms with Gasteiger partial charge in [0.25, 0.3) is 0 Å². The Morgan fingerprint density at radius 1 is 1.37 bits per heavy atom. The molecular weight excluding hydrogens is 246 g/mol. The summed E-state index contributed by atoms with van der Waals surface area (Å²) in [5, 5.41) is 0. The highest BCUT2D eigenvalue weighted by molar-refractivity contribution is 5.87. The van der Waals surface area contributed by atoms with Crippen LogP contribution < -0.4 is 11.5 Å². The Bertz CT molecular complexity index is 331. The van der Waals surface area contributed by atoms with Crippen molar-refractivity contribution < 1.29 is 14.3 Å². The van der Waals surface area contributed by atoms with Crippen molar-refractivity contribution in [3.63, 3.8) is 0 Å². The quantitative estimate of drug-likeness (QED) is 0.702. The molecule has 0 bridgehead atoms. The van der Waals surface area contributed by atoms with Crippen LogP contribution in [-0.2, 0) is 14.3 Å². The van der Waals surface area contributed by atoms with Crippen molar-refractivity contribution in [3.05, 3.63) is 0 Å². The van der Waals surface area contributed by atoms with Crippen molar-refractivity contribution >= 4 is 11.8 Å². The number of morpholine rings is 1. The normalized spacial score (nSPS) is 20.4. The van der Waals surface area contributed by atoms with Gasteiger partial charge in [-0.25, -0.2) is 0 Å². The molecule has 0 spiro atoms. The topological polar surface area (TPSA) is 98.7 Å². The molecule has 1 atom stereocenters. The largest absolute Gasteiger partial charge is 0.377 e. The van der Waals surface area contributed by atoms with Crippen LogP contribution in [0, 0.1) is 5.41 Å². The maximum atomic E-state index is 12.2. The Labute approximate surface area is 114 Å². The first kappa shape index (κ1) is 15.9. The molecule has 1 fully saturated rings. The second-order valence-electron chi connectivity index (χ2n) is 5.78. The van der Waals surface area contributed by atoms with Crippen LogP contribution in [0.4, 0.5) is 0 Å². The van der Waals surface area contributed by atoms with E-state index in [4.69, 9.17) is 16.2 Å². The van der Waals surface area contributed by atoms with Gasteiger partial charge >= 0.3 is 0 Å². The van der Waals surface area contributed by atoms with Crippen molar-refractivity contribution in [2.24, 2.45) is 16.9 Å². The van der Waals surface area contributed by atoms with E-state index in [2.05, 4.69) is 13.8 Å². The molecule has 0 aliphatic carbocycles. The lowest BCUT2D eigenvalue weighted by molar-refractivity contribution is -0.147. The third kappa shape index (κ3) is 4.80. The highest BCUT2D eigenvalue weighted by Crippen LogP contribution is 2.26. The van der Waals surface area contributed by atoms with Gasteiger partial charge in [-0.05, 0) is 24.8 Å². The number of primary amides is 1.